The summed E-state index contributed by atoms with van der Waals surface area (Å²) in [5, 5.41) is 13.4. The maximum Gasteiger partial charge on any atom is 0.119 e. The number of aromatic hydroxyl groups is 1. The molecule has 2 aliphatic rings. The Balaban J connectivity index is 1.99. The number of para-hydroxylation sites is 1. The molecule has 1 saturated heterocycles. The summed E-state index contributed by atoms with van der Waals surface area (Å²) in [6, 6.07) is 7.76. The van der Waals surface area contributed by atoms with Gasteiger partial charge in [-0.05, 0) is 37.4 Å². The zero-order chi connectivity index (χ0) is 9.60. The predicted octanol–water partition coefficient (Wildman–Crippen LogP) is 2.00. The average Bonchev–Trinajstić information content (AvgIpc) is 2.82. The van der Waals surface area contributed by atoms with Crippen LogP contribution in [0.4, 0.5) is 0 Å². The van der Waals surface area contributed by atoms with Crippen LogP contribution in [0.25, 0.3) is 0 Å². The number of hydrogen-bond donors (Lipinski definition) is 2. The smallest absolute Gasteiger partial charge is 0.119 e. The van der Waals surface area contributed by atoms with Crippen LogP contribution in [-0.4, -0.2) is 17.2 Å². The van der Waals surface area contributed by atoms with Crippen molar-refractivity contribution < 1.29 is 5.11 Å². The summed E-state index contributed by atoms with van der Waals surface area (Å²) in [4.78, 5) is 0. The van der Waals surface area contributed by atoms with Gasteiger partial charge in [0.1, 0.15) is 5.75 Å². The SMILES string of the molecule is Oc1ccccc1C1CCNC12CC2. The molecule has 0 bridgehead atoms. The molecule has 0 amide bonds. The van der Waals surface area contributed by atoms with Gasteiger partial charge in [-0.2, -0.15) is 0 Å². The molecule has 2 fully saturated rings. The minimum atomic E-state index is 0.346. The molecular weight excluding hydrogens is 174 g/mol. The molecule has 1 atom stereocenters. The molecule has 2 N–H and O–H groups in total. The van der Waals surface area contributed by atoms with Crippen LogP contribution in [-0.2, 0) is 0 Å². The van der Waals surface area contributed by atoms with Crippen molar-refractivity contribution in [2.75, 3.05) is 6.54 Å². The van der Waals surface area contributed by atoms with Gasteiger partial charge in [-0.25, -0.2) is 0 Å². The van der Waals surface area contributed by atoms with Crippen LogP contribution >= 0.6 is 0 Å². The summed E-state index contributed by atoms with van der Waals surface area (Å²) in [5.41, 5.74) is 1.48. The van der Waals surface area contributed by atoms with E-state index in [1.165, 1.54) is 12.8 Å². The lowest BCUT2D eigenvalue weighted by Crippen LogP contribution is -2.27. The van der Waals surface area contributed by atoms with Gasteiger partial charge < -0.3 is 10.4 Å². The van der Waals surface area contributed by atoms with Crippen molar-refractivity contribution in [3.8, 4) is 5.75 Å². The van der Waals surface area contributed by atoms with E-state index in [0.29, 0.717) is 17.2 Å². The van der Waals surface area contributed by atoms with Crippen molar-refractivity contribution in [3.05, 3.63) is 29.8 Å². The Bertz CT molecular complexity index is 357. The summed E-state index contributed by atoms with van der Waals surface area (Å²) in [7, 11) is 0. The summed E-state index contributed by atoms with van der Waals surface area (Å²) in [6.45, 7) is 1.10. The highest BCUT2D eigenvalue weighted by Gasteiger charge is 2.52. The van der Waals surface area contributed by atoms with Gasteiger partial charge in [-0.15, -0.1) is 0 Å². The second kappa shape index (κ2) is 2.74. The third-order valence-electron chi connectivity index (χ3n) is 3.68. The van der Waals surface area contributed by atoms with Gasteiger partial charge in [0, 0.05) is 11.5 Å². The number of hydrogen-bond acceptors (Lipinski definition) is 2. The highest BCUT2D eigenvalue weighted by Crippen LogP contribution is 2.53. The van der Waals surface area contributed by atoms with E-state index in [4.69, 9.17) is 0 Å². The molecule has 1 spiro atoms. The molecular formula is C12H15NO. The van der Waals surface area contributed by atoms with Gasteiger partial charge in [0.25, 0.3) is 0 Å². The molecule has 1 unspecified atom stereocenters. The van der Waals surface area contributed by atoms with Gasteiger partial charge in [0.15, 0.2) is 0 Å². The quantitative estimate of drug-likeness (QED) is 0.708. The Morgan fingerprint density at radius 2 is 2.07 bits per heavy atom. The lowest BCUT2D eigenvalue weighted by molar-refractivity contribution is 0.448. The first-order valence-electron chi connectivity index (χ1n) is 5.35. The third kappa shape index (κ3) is 1.07. The number of phenols is 1. The van der Waals surface area contributed by atoms with Crippen LogP contribution < -0.4 is 5.32 Å². The van der Waals surface area contributed by atoms with Crippen LogP contribution in [0.1, 0.15) is 30.7 Å². The molecule has 0 aromatic heterocycles. The Hall–Kier alpha value is -1.02. The fourth-order valence-electron chi connectivity index (χ4n) is 2.76. The van der Waals surface area contributed by atoms with E-state index in [9.17, 15) is 5.11 Å². The third-order valence-corrected chi connectivity index (χ3v) is 3.68. The molecule has 1 aliphatic heterocycles. The molecule has 1 heterocycles. The first-order valence-corrected chi connectivity index (χ1v) is 5.35. The first kappa shape index (κ1) is 8.30. The molecule has 1 aromatic rings. The maximum absolute atomic E-state index is 9.80. The van der Waals surface area contributed by atoms with Crippen molar-refractivity contribution in [2.45, 2.75) is 30.7 Å². The van der Waals surface area contributed by atoms with Crippen molar-refractivity contribution in [1.29, 1.82) is 0 Å². The Morgan fingerprint density at radius 3 is 2.79 bits per heavy atom. The van der Waals surface area contributed by atoms with E-state index in [1.807, 2.05) is 12.1 Å². The number of nitrogens with one attached hydrogen (secondary N) is 1. The van der Waals surface area contributed by atoms with E-state index in [0.717, 1.165) is 18.5 Å². The summed E-state index contributed by atoms with van der Waals surface area (Å²) in [5.74, 6) is 0.996. The molecule has 3 rings (SSSR count). The van der Waals surface area contributed by atoms with Crippen LogP contribution in [0.5, 0.6) is 5.75 Å². The molecule has 1 saturated carbocycles. The minimum Gasteiger partial charge on any atom is -0.508 e. The lowest BCUT2D eigenvalue weighted by atomic mass is 9.89. The number of rotatable bonds is 1. The Labute approximate surface area is 84.0 Å². The molecule has 1 aromatic carbocycles. The van der Waals surface area contributed by atoms with Crippen molar-refractivity contribution in [3.63, 3.8) is 0 Å². The Kier molecular flexibility index (Phi) is 1.62. The second-order valence-electron chi connectivity index (χ2n) is 4.48. The van der Waals surface area contributed by atoms with Crippen LogP contribution in [0.2, 0.25) is 0 Å². The normalized spacial score (nSPS) is 28.1. The number of benzene rings is 1. The summed E-state index contributed by atoms with van der Waals surface area (Å²) >= 11 is 0. The highest BCUT2D eigenvalue weighted by atomic mass is 16.3. The van der Waals surface area contributed by atoms with E-state index in [-0.39, 0.29) is 0 Å². The fraction of sp³-hybridized carbons (Fsp3) is 0.500. The van der Waals surface area contributed by atoms with E-state index in [2.05, 4.69) is 11.4 Å². The topological polar surface area (TPSA) is 32.3 Å². The van der Waals surface area contributed by atoms with Crippen LogP contribution in [0.3, 0.4) is 0 Å². The maximum atomic E-state index is 9.80. The molecule has 14 heavy (non-hydrogen) atoms. The van der Waals surface area contributed by atoms with Crippen LogP contribution in [0, 0.1) is 0 Å². The number of phenolic OH excluding ortho intramolecular Hbond substituents is 1. The van der Waals surface area contributed by atoms with Crippen molar-refractivity contribution in [1.82, 2.24) is 5.32 Å². The average molecular weight is 189 g/mol. The van der Waals surface area contributed by atoms with Gasteiger partial charge in [-0.3, -0.25) is 0 Å². The van der Waals surface area contributed by atoms with Crippen LogP contribution in [0.15, 0.2) is 24.3 Å². The van der Waals surface area contributed by atoms with Gasteiger partial charge >= 0.3 is 0 Å². The van der Waals surface area contributed by atoms with E-state index >= 15 is 0 Å². The summed E-state index contributed by atoms with van der Waals surface area (Å²) in [6.07, 6.45) is 3.70. The molecule has 1 aliphatic carbocycles. The van der Waals surface area contributed by atoms with Gasteiger partial charge in [0.2, 0.25) is 0 Å². The zero-order valence-corrected chi connectivity index (χ0v) is 8.16. The van der Waals surface area contributed by atoms with E-state index in [1.54, 1.807) is 6.07 Å². The molecule has 74 valence electrons. The summed E-state index contributed by atoms with van der Waals surface area (Å²) < 4.78 is 0. The predicted molar refractivity (Wildman–Crippen MR) is 55.4 cm³/mol. The first-order chi connectivity index (χ1) is 6.82. The van der Waals surface area contributed by atoms with Crippen molar-refractivity contribution in [2.24, 2.45) is 0 Å². The second-order valence-corrected chi connectivity index (χ2v) is 4.48. The Morgan fingerprint density at radius 1 is 1.29 bits per heavy atom. The monoisotopic (exact) mass is 189 g/mol. The van der Waals surface area contributed by atoms with E-state index < -0.39 is 0 Å². The van der Waals surface area contributed by atoms with Gasteiger partial charge in [0.05, 0.1) is 0 Å². The lowest BCUT2D eigenvalue weighted by Gasteiger charge is -2.19. The molecule has 0 radical (unpaired) electrons. The standard InChI is InChI=1S/C12H15NO/c14-11-4-2-1-3-9(11)10-5-8-13-12(10)6-7-12/h1-4,10,13-14H,5-8H2. The molecule has 2 heteroatoms. The zero-order valence-electron chi connectivity index (χ0n) is 8.16. The largest absolute Gasteiger partial charge is 0.508 e. The van der Waals surface area contributed by atoms with Gasteiger partial charge in [-0.1, -0.05) is 18.2 Å². The fourth-order valence-corrected chi connectivity index (χ4v) is 2.76. The molecule has 2 nitrogen and oxygen atoms in total. The highest BCUT2D eigenvalue weighted by molar-refractivity contribution is 5.40. The van der Waals surface area contributed by atoms with Crippen molar-refractivity contribution >= 4 is 0 Å². The minimum absolute atomic E-state index is 0.346.